The van der Waals surface area contributed by atoms with E-state index in [0.29, 0.717) is 12.6 Å². The number of H-pyrrole nitrogens is 1. The van der Waals surface area contributed by atoms with Crippen molar-refractivity contribution < 1.29 is 9.78 Å². The highest BCUT2D eigenvalue weighted by Gasteiger charge is 2.30. The molecule has 1 saturated heterocycles. The predicted molar refractivity (Wildman–Crippen MR) is 89.1 cm³/mol. The van der Waals surface area contributed by atoms with E-state index in [1.165, 1.54) is 24.1 Å². The molecular weight excluding hydrogens is 294 g/mol. The monoisotopic (exact) mass is 316 g/mol. The molecular formula is C17H22N3OS+. The van der Waals surface area contributed by atoms with E-state index in [1.807, 2.05) is 35.8 Å². The Bertz CT molecular complexity index is 627. The van der Waals surface area contributed by atoms with Crippen LogP contribution in [-0.4, -0.2) is 18.5 Å². The van der Waals surface area contributed by atoms with Crippen LogP contribution in [0, 0.1) is 0 Å². The van der Waals surface area contributed by atoms with Crippen LogP contribution in [-0.2, 0) is 6.54 Å². The average molecular weight is 316 g/mol. The smallest absolute Gasteiger partial charge is 0.287 e. The molecule has 1 aliphatic heterocycles. The zero-order valence-electron chi connectivity index (χ0n) is 12.8. The highest BCUT2D eigenvalue weighted by molar-refractivity contribution is 7.09. The van der Waals surface area contributed by atoms with Crippen molar-refractivity contribution in [1.82, 2.24) is 5.32 Å². The van der Waals surface area contributed by atoms with E-state index in [9.17, 15) is 4.79 Å². The third kappa shape index (κ3) is 3.30. The van der Waals surface area contributed by atoms with Gasteiger partial charge in [0.15, 0.2) is 0 Å². The Hall–Kier alpha value is -1.88. The van der Waals surface area contributed by atoms with Crippen LogP contribution in [0.25, 0.3) is 0 Å². The van der Waals surface area contributed by atoms with Crippen LogP contribution < -0.4 is 15.2 Å². The van der Waals surface area contributed by atoms with Gasteiger partial charge < -0.3 is 5.32 Å². The highest BCUT2D eigenvalue weighted by Crippen LogP contribution is 2.24. The van der Waals surface area contributed by atoms with Crippen molar-refractivity contribution in [3.63, 3.8) is 0 Å². The molecule has 0 unspecified atom stereocenters. The summed E-state index contributed by atoms with van der Waals surface area (Å²) in [7, 11) is 0. The van der Waals surface area contributed by atoms with Gasteiger partial charge in [-0.15, -0.1) is 11.3 Å². The molecule has 0 aliphatic carbocycles. The van der Waals surface area contributed by atoms with Crippen molar-refractivity contribution >= 4 is 23.1 Å². The lowest BCUT2D eigenvalue weighted by molar-refractivity contribution is -0.364. The summed E-state index contributed by atoms with van der Waals surface area (Å²) in [6.45, 7) is 3.82. The Morgan fingerprint density at radius 1 is 1.41 bits per heavy atom. The minimum absolute atomic E-state index is 0.0157. The largest absolute Gasteiger partial charge is 0.347 e. The maximum atomic E-state index is 12.6. The van der Waals surface area contributed by atoms with E-state index in [1.54, 1.807) is 11.3 Å². The molecule has 2 aromatic heterocycles. The summed E-state index contributed by atoms with van der Waals surface area (Å²) in [5.74, 6) is 0.927. The van der Waals surface area contributed by atoms with Crippen molar-refractivity contribution in [2.24, 2.45) is 0 Å². The first-order valence-electron chi connectivity index (χ1n) is 7.83. The van der Waals surface area contributed by atoms with E-state index in [2.05, 4.69) is 22.1 Å². The summed E-state index contributed by atoms with van der Waals surface area (Å²) in [5.41, 5.74) is 0.729. The number of thiophene rings is 1. The molecule has 4 nitrogen and oxygen atoms in total. The van der Waals surface area contributed by atoms with Crippen molar-refractivity contribution in [3.8, 4) is 0 Å². The van der Waals surface area contributed by atoms with Gasteiger partial charge in [-0.3, -0.25) is 9.69 Å². The molecule has 22 heavy (non-hydrogen) atoms. The standard InChI is InChI=1S/C17H21N3OS/c1-13-6-2-3-10-20(13)16-15(8-4-9-18-16)17(21)19-12-14-7-5-11-22-14/h4-5,7-9,11,13H,2-3,6,10,12H2,1H3,(H,19,21)/p+1/t13-/m0/s1. The molecule has 2 N–H and O–H groups in total. The van der Waals surface area contributed by atoms with E-state index < -0.39 is 0 Å². The number of hydrogen-bond acceptors (Lipinski definition) is 3. The van der Waals surface area contributed by atoms with Gasteiger partial charge in [-0.25, -0.2) is 4.98 Å². The minimum atomic E-state index is -0.0157. The molecule has 116 valence electrons. The molecule has 1 fully saturated rings. The second-order valence-corrected chi connectivity index (χ2v) is 6.76. The normalized spacial score (nSPS) is 18.2. The summed E-state index contributed by atoms with van der Waals surface area (Å²) in [6, 6.07) is 8.30. The zero-order chi connectivity index (χ0) is 15.4. The Labute approximate surface area is 135 Å². The lowest BCUT2D eigenvalue weighted by Gasteiger charge is -2.28. The van der Waals surface area contributed by atoms with Crippen molar-refractivity contribution in [2.45, 2.75) is 38.8 Å². The maximum Gasteiger partial charge on any atom is 0.287 e. The fraction of sp³-hybridized carbons (Fsp3) is 0.412. The van der Waals surface area contributed by atoms with Gasteiger partial charge in [-0.2, -0.15) is 0 Å². The number of nitrogens with zero attached hydrogens (tertiary/aromatic N) is 1. The van der Waals surface area contributed by atoms with Gasteiger partial charge in [0.1, 0.15) is 5.56 Å². The van der Waals surface area contributed by atoms with Crippen LogP contribution in [0.2, 0.25) is 0 Å². The molecule has 0 radical (unpaired) electrons. The van der Waals surface area contributed by atoms with Gasteiger partial charge in [-0.05, 0) is 49.8 Å². The van der Waals surface area contributed by atoms with E-state index in [4.69, 9.17) is 0 Å². The van der Waals surface area contributed by atoms with Crippen LogP contribution >= 0.6 is 11.3 Å². The van der Waals surface area contributed by atoms with Crippen LogP contribution in [0.1, 0.15) is 41.4 Å². The van der Waals surface area contributed by atoms with Gasteiger partial charge in [-0.1, -0.05) is 6.07 Å². The highest BCUT2D eigenvalue weighted by atomic mass is 32.1. The van der Waals surface area contributed by atoms with Gasteiger partial charge in [0.05, 0.1) is 25.3 Å². The van der Waals surface area contributed by atoms with Gasteiger partial charge in [0.2, 0.25) is 0 Å². The summed E-state index contributed by atoms with van der Waals surface area (Å²) in [6.07, 6.45) is 5.53. The molecule has 0 saturated carbocycles. The molecule has 1 amide bonds. The molecule has 5 heteroatoms. The maximum absolute atomic E-state index is 12.6. The van der Waals surface area contributed by atoms with Crippen molar-refractivity contribution in [3.05, 3.63) is 46.3 Å². The Morgan fingerprint density at radius 3 is 3.09 bits per heavy atom. The Kier molecular flexibility index (Phi) is 4.73. The first kappa shape index (κ1) is 15.0. The topological polar surface area (TPSA) is 46.5 Å². The van der Waals surface area contributed by atoms with Crippen LogP contribution in [0.4, 0.5) is 5.82 Å². The number of carbonyl (C=O) groups is 1. The zero-order valence-corrected chi connectivity index (χ0v) is 13.7. The average Bonchev–Trinajstić information content (AvgIpc) is 3.06. The second kappa shape index (κ2) is 6.92. The fourth-order valence-electron chi connectivity index (χ4n) is 2.96. The number of amides is 1. The van der Waals surface area contributed by atoms with Crippen LogP contribution in [0.3, 0.4) is 0 Å². The number of nitrogens with one attached hydrogen (secondary N) is 2. The third-order valence-corrected chi connectivity index (χ3v) is 5.05. The van der Waals surface area contributed by atoms with Crippen molar-refractivity contribution in [1.29, 1.82) is 0 Å². The molecule has 3 rings (SSSR count). The first-order valence-corrected chi connectivity index (χ1v) is 8.71. The fourth-order valence-corrected chi connectivity index (χ4v) is 3.60. The van der Waals surface area contributed by atoms with Crippen LogP contribution in [0.5, 0.6) is 0 Å². The molecule has 1 atom stereocenters. The second-order valence-electron chi connectivity index (χ2n) is 5.73. The number of aromatic nitrogens is 1. The van der Waals surface area contributed by atoms with E-state index in [-0.39, 0.29) is 5.91 Å². The molecule has 0 spiro atoms. The lowest BCUT2D eigenvalue weighted by Crippen LogP contribution is -2.42. The molecule has 2 aromatic rings. The lowest BCUT2D eigenvalue weighted by atomic mass is 10.0. The number of hydrogen-bond donors (Lipinski definition) is 1. The van der Waals surface area contributed by atoms with Gasteiger partial charge in [0, 0.05) is 4.88 Å². The third-order valence-electron chi connectivity index (χ3n) is 4.17. The number of piperidine rings is 1. The summed E-state index contributed by atoms with van der Waals surface area (Å²) >= 11 is 1.66. The van der Waals surface area contributed by atoms with Gasteiger partial charge in [0.25, 0.3) is 11.7 Å². The summed E-state index contributed by atoms with van der Waals surface area (Å²) in [4.78, 5) is 19.3. The number of aromatic amines is 1. The number of pyridine rings is 1. The Morgan fingerprint density at radius 2 is 2.32 bits per heavy atom. The van der Waals surface area contributed by atoms with E-state index in [0.717, 1.165) is 17.9 Å². The van der Waals surface area contributed by atoms with Crippen molar-refractivity contribution in [2.75, 3.05) is 11.4 Å². The summed E-state index contributed by atoms with van der Waals surface area (Å²) in [5, 5.41) is 5.05. The molecule has 1 aliphatic rings. The summed E-state index contributed by atoms with van der Waals surface area (Å²) < 4.78 is 0. The minimum Gasteiger partial charge on any atom is -0.347 e. The Balaban J connectivity index is 1.76. The van der Waals surface area contributed by atoms with E-state index >= 15 is 0 Å². The first-order chi connectivity index (χ1) is 10.8. The molecule has 0 aromatic carbocycles. The van der Waals surface area contributed by atoms with Crippen LogP contribution in [0.15, 0.2) is 35.8 Å². The van der Waals surface area contributed by atoms with Gasteiger partial charge >= 0.3 is 0 Å². The molecule has 0 bridgehead atoms. The number of carbonyl (C=O) groups excluding carboxylic acids is 1. The molecule has 3 heterocycles. The number of rotatable bonds is 4. The predicted octanol–water partition coefficient (Wildman–Crippen LogP) is 2.87. The number of anilines is 1. The SMILES string of the molecule is C[C@H]1CCCCN1c1[nH+]cccc1C(=O)NCc1cccs1. The quantitative estimate of drug-likeness (QED) is 0.943.